The summed E-state index contributed by atoms with van der Waals surface area (Å²) in [5, 5.41) is 8.55. The third kappa shape index (κ3) is 4.55. The van der Waals surface area contributed by atoms with Crippen molar-refractivity contribution in [2.24, 2.45) is 0 Å². The van der Waals surface area contributed by atoms with E-state index < -0.39 is 6.04 Å². The van der Waals surface area contributed by atoms with E-state index in [-0.39, 0.29) is 37.1 Å². The summed E-state index contributed by atoms with van der Waals surface area (Å²) in [6.45, 7) is 0.920. The van der Waals surface area contributed by atoms with Crippen LogP contribution in [-0.2, 0) is 9.59 Å². The van der Waals surface area contributed by atoms with Crippen LogP contribution in [0.4, 0.5) is 10.5 Å². The van der Waals surface area contributed by atoms with Gasteiger partial charge in [-0.25, -0.2) is 4.79 Å². The van der Waals surface area contributed by atoms with Crippen molar-refractivity contribution >= 4 is 23.5 Å². The summed E-state index contributed by atoms with van der Waals surface area (Å²) in [4.78, 5) is 39.2. The molecule has 9 heteroatoms. The standard InChI is InChI=1S/C20H26N4O5/c25-18(22-14-6-7-16-17(10-14)29-12-28-16)11-15-19(26)21-8-9-24(15)20(27)23-13-4-2-1-3-5-13/h6-7,10,13,15H,1-5,8-9,11-12H2,(H,21,26)(H,22,25)(H,23,27)/t15-/m1/s1. The Bertz CT molecular complexity index is 793. The molecule has 0 radical (unpaired) electrons. The van der Waals surface area contributed by atoms with Gasteiger partial charge in [0.25, 0.3) is 0 Å². The number of rotatable bonds is 4. The second kappa shape index (κ2) is 8.59. The molecule has 2 heterocycles. The Morgan fingerprint density at radius 2 is 1.93 bits per heavy atom. The molecule has 1 atom stereocenters. The second-order valence-corrected chi connectivity index (χ2v) is 7.60. The molecule has 1 saturated carbocycles. The monoisotopic (exact) mass is 402 g/mol. The van der Waals surface area contributed by atoms with Crippen molar-refractivity contribution in [1.29, 1.82) is 0 Å². The lowest BCUT2D eigenvalue weighted by Gasteiger charge is -2.36. The van der Waals surface area contributed by atoms with E-state index in [0.29, 0.717) is 30.3 Å². The molecule has 0 spiro atoms. The van der Waals surface area contributed by atoms with E-state index in [1.54, 1.807) is 18.2 Å². The molecule has 1 aromatic rings. The minimum atomic E-state index is -0.832. The first-order valence-corrected chi connectivity index (χ1v) is 10.1. The van der Waals surface area contributed by atoms with Crippen LogP contribution >= 0.6 is 0 Å². The van der Waals surface area contributed by atoms with E-state index in [9.17, 15) is 14.4 Å². The summed E-state index contributed by atoms with van der Waals surface area (Å²) in [5.74, 6) is 0.532. The number of carbonyl (C=O) groups is 3. The Balaban J connectivity index is 1.38. The van der Waals surface area contributed by atoms with Gasteiger partial charge in [-0.1, -0.05) is 19.3 Å². The number of ether oxygens (including phenoxy) is 2. The summed E-state index contributed by atoms with van der Waals surface area (Å²) in [6.07, 6.45) is 5.21. The summed E-state index contributed by atoms with van der Waals surface area (Å²) < 4.78 is 10.6. The van der Waals surface area contributed by atoms with Gasteiger partial charge in [0.15, 0.2) is 11.5 Å². The third-order valence-corrected chi connectivity index (χ3v) is 5.56. The van der Waals surface area contributed by atoms with Crippen molar-refractivity contribution < 1.29 is 23.9 Å². The van der Waals surface area contributed by atoms with Crippen LogP contribution in [0.25, 0.3) is 0 Å². The van der Waals surface area contributed by atoms with Crippen LogP contribution in [0, 0.1) is 0 Å². The first-order valence-electron chi connectivity index (χ1n) is 10.1. The Morgan fingerprint density at radius 3 is 2.76 bits per heavy atom. The molecule has 2 aliphatic heterocycles. The van der Waals surface area contributed by atoms with Gasteiger partial charge < -0.3 is 30.3 Å². The number of urea groups is 1. The van der Waals surface area contributed by atoms with Gasteiger partial charge in [-0.05, 0) is 25.0 Å². The highest BCUT2D eigenvalue weighted by Gasteiger charge is 2.35. The third-order valence-electron chi connectivity index (χ3n) is 5.56. The number of piperazine rings is 1. The van der Waals surface area contributed by atoms with Crippen molar-refractivity contribution in [3.63, 3.8) is 0 Å². The van der Waals surface area contributed by atoms with E-state index in [1.165, 1.54) is 11.3 Å². The van der Waals surface area contributed by atoms with E-state index in [0.717, 1.165) is 25.7 Å². The lowest BCUT2D eigenvalue weighted by molar-refractivity contribution is -0.131. The molecule has 9 nitrogen and oxygen atoms in total. The normalized spacial score (nSPS) is 21.4. The minimum absolute atomic E-state index is 0.113. The van der Waals surface area contributed by atoms with Crippen molar-refractivity contribution in [2.45, 2.75) is 50.6 Å². The quantitative estimate of drug-likeness (QED) is 0.709. The van der Waals surface area contributed by atoms with Crippen LogP contribution < -0.4 is 25.4 Å². The summed E-state index contributed by atoms with van der Waals surface area (Å²) in [5.41, 5.74) is 0.550. The van der Waals surface area contributed by atoms with Gasteiger partial charge in [0, 0.05) is 30.9 Å². The fourth-order valence-corrected chi connectivity index (χ4v) is 4.03. The van der Waals surface area contributed by atoms with E-state index in [4.69, 9.17) is 9.47 Å². The molecule has 3 N–H and O–H groups in total. The number of nitrogens with one attached hydrogen (secondary N) is 3. The fraction of sp³-hybridized carbons (Fsp3) is 0.550. The van der Waals surface area contributed by atoms with E-state index >= 15 is 0 Å². The molecular formula is C20H26N4O5. The molecule has 156 valence electrons. The summed E-state index contributed by atoms with van der Waals surface area (Å²) >= 11 is 0. The highest BCUT2D eigenvalue weighted by molar-refractivity contribution is 5.97. The molecular weight excluding hydrogens is 376 g/mol. The number of hydrogen-bond acceptors (Lipinski definition) is 5. The predicted molar refractivity (Wildman–Crippen MR) is 105 cm³/mol. The molecule has 4 amide bonds. The zero-order valence-electron chi connectivity index (χ0n) is 16.2. The molecule has 2 fully saturated rings. The topological polar surface area (TPSA) is 109 Å². The van der Waals surface area contributed by atoms with Crippen LogP contribution in [-0.4, -0.2) is 54.7 Å². The zero-order chi connectivity index (χ0) is 20.2. The Kier molecular flexibility index (Phi) is 5.73. The largest absolute Gasteiger partial charge is 0.454 e. The second-order valence-electron chi connectivity index (χ2n) is 7.60. The molecule has 29 heavy (non-hydrogen) atoms. The van der Waals surface area contributed by atoms with Gasteiger partial charge in [-0.3, -0.25) is 9.59 Å². The number of hydrogen-bond donors (Lipinski definition) is 3. The minimum Gasteiger partial charge on any atom is -0.454 e. The van der Waals surface area contributed by atoms with Crippen LogP contribution in [0.15, 0.2) is 18.2 Å². The van der Waals surface area contributed by atoms with Gasteiger partial charge in [0.2, 0.25) is 18.6 Å². The van der Waals surface area contributed by atoms with Crippen molar-refractivity contribution in [1.82, 2.24) is 15.5 Å². The zero-order valence-corrected chi connectivity index (χ0v) is 16.2. The number of carbonyl (C=O) groups excluding carboxylic acids is 3. The highest BCUT2D eigenvalue weighted by atomic mass is 16.7. The van der Waals surface area contributed by atoms with Crippen molar-refractivity contribution in [3.8, 4) is 11.5 Å². The van der Waals surface area contributed by atoms with Gasteiger partial charge in [0.1, 0.15) is 6.04 Å². The maximum Gasteiger partial charge on any atom is 0.318 e. The van der Waals surface area contributed by atoms with Crippen molar-refractivity contribution in [3.05, 3.63) is 18.2 Å². The lowest BCUT2D eigenvalue weighted by atomic mass is 9.95. The number of anilines is 1. The van der Waals surface area contributed by atoms with E-state index in [2.05, 4.69) is 16.0 Å². The molecule has 1 aliphatic carbocycles. The molecule has 3 aliphatic rings. The first kappa shape index (κ1) is 19.4. The van der Waals surface area contributed by atoms with Crippen LogP contribution in [0.3, 0.4) is 0 Å². The Hall–Kier alpha value is -2.97. The number of amides is 4. The molecule has 0 bridgehead atoms. The van der Waals surface area contributed by atoms with Crippen LogP contribution in [0.1, 0.15) is 38.5 Å². The first-order chi connectivity index (χ1) is 14.1. The number of nitrogens with zero attached hydrogens (tertiary/aromatic N) is 1. The van der Waals surface area contributed by atoms with Crippen LogP contribution in [0.2, 0.25) is 0 Å². The number of fused-ring (bicyclic) bond motifs is 1. The average molecular weight is 402 g/mol. The fourth-order valence-electron chi connectivity index (χ4n) is 4.03. The maximum atomic E-state index is 12.8. The maximum absolute atomic E-state index is 12.8. The highest BCUT2D eigenvalue weighted by Crippen LogP contribution is 2.34. The molecule has 0 unspecified atom stereocenters. The molecule has 0 aromatic heterocycles. The predicted octanol–water partition coefficient (Wildman–Crippen LogP) is 1.59. The lowest BCUT2D eigenvalue weighted by Crippen LogP contribution is -2.61. The average Bonchev–Trinajstić information content (AvgIpc) is 3.18. The van der Waals surface area contributed by atoms with Gasteiger partial charge in [0.05, 0.1) is 6.42 Å². The van der Waals surface area contributed by atoms with Crippen molar-refractivity contribution in [2.75, 3.05) is 25.2 Å². The summed E-state index contributed by atoms with van der Waals surface area (Å²) in [6, 6.07) is 4.14. The van der Waals surface area contributed by atoms with Gasteiger partial charge in [-0.15, -0.1) is 0 Å². The molecule has 1 aromatic carbocycles. The molecule has 1 saturated heterocycles. The molecule has 4 rings (SSSR count). The van der Waals surface area contributed by atoms with Gasteiger partial charge >= 0.3 is 6.03 Å². The smallest absolute Gasteiger partial charge is 0.318 e. The Morgan fingerprint density at radius 1 is 1.14 bits per heavy atom. The van der Waals surface area contributed by atoms with E-state index in [1.807, 2.05) is 0 Å². The summed E-state index contributed by atoms with van der Waals surface area (Å²) in [7, 11) is 0. The SMILES string of the molecule is O=C(C[C@@H]1C(=O)NCCN1C(=O)NC1CCCCC1)Nc1ccc2c(c1)OCO2. The Labute approximate surface area is 169 Å². The van der Waals surface area contributed by atoms with Gasteiger partial charge in [-0.2, -0.15) is 0 Å². The van der Waals surface area contributed by atoms with Crippen LogP contribution in [0.5, 0.6) is 11.5 Å². The number of benzene rings is 1.